The number of anilines is 1. The lowest BCUT2D eigenvalue weighted by atomic mass is 10.00. The Hall–Kier alpha value is -2.84. The fraction of sp³-hybridized carbons (Fsp3) is 0.458. The van der Waals surface area contributed by atoms with Crippen LogP contribution < -0.4 is 14.8 Å². The number of rotatable bonds is 8. The molecule has 1 aliphatic heterocycles. The number of pyridine rings is 1. The monoisotopic (exact) mass is 472 g/mol. The van der Waals surface area contributed by atoms with E-state index in [4.69, 9.17) is 30.8 Å². The molecule has 0 radical (unpaired) electrons. The fourth-order valence-corrected chi connectivity index (χ4v) is 4.41. The molecular weight excluding hydrogens is 444 g/mol. The Labute approximate surface area is 198 Å². The van der Waals surface area contributed by atoms with Crippen molar-refractivity contribution in [3.63, 3.8) is 0 Å². The number of benzene rings is 1. The van der Waals surface area contributed by atoms with Crippen LogP contribution in [0.1, 0.15) is 36.1 Å². The van der Waals surface area contributed by atoms with Gasteiger partial charge in [0, 0.05) is 30.8 Å². The van der Waals surface area contributed by atoms with Crippen LogP contribution in [0.3, 0.4) is 0 Å². The van der Waals surface area contributed by atoms with Gasteiger partial charge < -0.3 is 19.5 Å². The van der Waals surface area contributed by atoms with Crippen LogP contribution in [0.5, 0.6) is 11.6 Å². The van der Waals surface area contributed by atoms with E-state index in [1.165, 1.54) is 0 Å². The zero-order valence-corrected chi connectivity index (χ0v) is 20.2. The number of ether oxygens (including phenoxy) is 3. The van der Waals surface area contributed by atoms with Crippen molar-refractivity contribution in [3.05, 3.63) is 40.0 Å². The summed E-state index contributed by atoms with van der Waals surface area (Å²) in [5.41, 5.74) is 4.24. The van der Waals surface area contributed by atoms with E-state index in [0.29, 0.717) is 35.4 Å². The van der Waals surface area contributed by atoms with Crippen molar-refractivity contribution < 1.29 is 19.0 Å². The third kappa shape index (κ3) is 5.07. The maximum atomic E-state index is 12.8. The summed E-state index contributed by atoms with van der Waals surface area (Å²) in [5.74, 6) is 0.991. The van der Waals surface area contributed by atoms with E-state index < -0.39 is 0 Å². The molecule has 176 valence electrons. The Kier molecular flexibility index (Phi) is 7.05. The second-order valence-corrected chi connectivity index (χ2v) is 8.70. The molecule has 3 aromatic rings. The molecule has 1 amide bonds. The van der Waals surface area contributed by atoms with Crippen LogP contribution in [-0.4, -0.2) is 47.1 Å². The Bertz CT molecular complexity index is 1170. The number of aryl methyl sites for hydroxylation is 3. The van der Waals surface area contributed by atoms with Crippen molar-refractivity contribution in [1.82, 2.24) is 14.8 Å². The van der Waals surface area contributed by atoms with Gasteiger partial charge in [-0.1, -0.05) is 11.6 Å². The number of hydrogen-bond acceptors (Lipinski definition) is 6. The summed E-state index contributed by atoms with van der Waals surface area (Å²) in [6, 6.07) is 5.22. The van der Waals surface area contributed by atoms with Crippen LogP contribution in [0.2, 0.25) is 5.02 Å². The molecule has 3 heterocycles. The number of carbonyl (C=O) groups is 1. The normalized spacial score (nSPS) is 15.7. The second kappa shape index (κ2) is 9.97. The van der Waals surface area contributed by atoms with Gasteiger partial charge >= 0.3 is 0 Å². The highest BCUT2D eigenvalue weighted by Gasteiger charge is 2.20. The summed E-state index contributed by atoms with van der Waals surface area (Å²) in [6.45, 7) is 5.18. The molecule has 33 heavy (non-hydrogen) atoms. The molecule has 8 nitrogen and oxygen atoms in total. The molecule has 1 atom stereocenters. The van der Waals surface area contributed by atoms with E-state index in [9.17, 15) is 4.79 Å². The van der Waals surface area contributed by atoms with Gasteiger partial charge in [0.1, 0.15) is 12.4 Å². The molecule has 0 bridgehead atoms. The maximum absolute atomic E-state index is 12.8. The average molecular weight is 473 g/mol. The minimum absolute atomic E-state index is 0.0852. The molecule has 9 heteroatoms. The second-order valence-electron chi connectivity index (χ2n) is 8.27. The Morgan fingerprint density at radius 2 is 2.18 bits per heavy atom. The van der Waals surface area contributed by atoms with Gasteiger partial charge in [0.05, 0.1) is 24.3 Å². The summed E-state index contributed by atoms with van der Waals surface area (Å²) in [5, 5.41) is 8.74. The molecule has 1 aliphatic rings. The highest BCUT2D eigenvalue weighted by molar-refractivity contribution is 6.31. The summed E-state index contributed by atoms with van der Waals surface area (Å²) in [4.78, 5) is 17.5. The molecule has 0 saturated carbocycles. The lowest BCUT2D eigenvalue weighted by Gasteiger charge is -2.16. The number of amides is 1. The first-order chi connectivity index (χ1) is 15.9. The van der Waals surface area contributed by atoms with Crippen LogP contribution in [0.15, 0.2) is 18.2 Å². The molecule has 1 aromatic carbocycles. The number of carbonyl (C=O) groups excluding carboxylic acids is 1. The van der Waals surface area contributed by atoms with E-state index in [2.05, 4.69) is 10.4 Å². The van der Waals surface area contributed by atoms with Gasteiger partial charge in [0.25, 0.3) is 0 Å². The highest BCUT2D eigenvalue weighted by Crippen LogP contribution is 2.31. The summed E-state index contributed by atoms with van der Waals surface area (Å²) >= 11 is 6.17. The van der Waals surface area contributed by atoms with E-state index in [1.807, 2.05) is 20.9 Å². The average Bonchev–Trinajstić information content (AvgIpc) is 3.41. The minimum Gasteiger partial charge on any atom is -0.489 e. The number of nitrogens with zero attached hydrogens (tertiary/aromatic N) is 3. The molecular formula is C24H29ClN4O4. The van der Waals surface area contributed by atoms with Gasteiger partial charge in [-0.2, -0.15) is 0 Å². The molecule has 1 saturated heterocycles. The SMILES string of the molecule is COc1nn(C)c2nc(C)c(CCC(=O)Nc3cc(Cl)ccc3OCC3CCCO3)c(C)c12. The fourth-order valence-electron chi connectivity index (χ4n) is 4.24. The third-order valence-corrected chi connectivity index (χ3v) is 6.22. The van der Waals surface area contributed by atoms with Crippen molar-refractivity contribution in [1.29, 1.82) is 0 Å². The zero-order valence-electron chi connectivity index (χ0n) is 19.4. The number of hydrogen-bond donors (Lipinski definition) is 1. The highest BCUT2D eigenvalue weighted by atomic mass is 35.5. The first-order valence-corrected chi connectivity index (χ1v) is 11.5. The number of aromatic nitrogens is 3. The molecule has 4 rings (SSSR count). The van der Waals surface area contributed by atoms with Crippen molar-refractivity contribution in [2.24, 2.45) is 7.05 Å². The Balaban J connectivity index is 1.46. The first kappa shape index (κ1) is 23.3. The first-order valence-electron chi connectivity index (χ1n) is 11.1. The summed E-state index contributed by atoms with van der Waals surface area (Å²) in [6.07, 6.45) is 2.94. The minimum atomic E-state index is -0.128. The van der Waals surface area contributed by atoms with Gasteiger partial charge in [-0.25, -0.2) is 9.67 Å². The molecule has 0 spiro atoms. The zero-order chi connectivity index (χ0) is 23.5. The Morgan fingerprint density at radius 1 is 1.36 bits per heavy atom. The van der Waals surface area contributed by atoms with E-state index in [1.54, 1.807) is 30.0 Å². The number of methoxy groups -OCH3 is 1. The van der Waals surface area contributed by atoms with Crippen molar-refractivity contribution in [2.75, 3.05) is 25.6 Å². The maximum Gasteiger partial charge on any atom is 0.242 e. The van der Waals surface area contributed by atoms with Crippen LogP contribution >= 0.6 is 11.6 Å². The van der Waals surface area contributed by atoms with Crippen LogP contribution in [0.25, 0.3) is 11.0 Å². The lowest BCUT2D eigenvalue weighted by molar-refractivity contribution is -0.116. The van der Waals surface area contributed by atoms with E-state index >= 15 is 0 Å². The quantitative estimate of drug-likeness (QED) is 0.523. The largest absolute Gasteiger partial charge is 0.489 e. The van der Waals surface area contributed by atoms with Gasteiger partial charge in [0.2, 0.25) is 11.8 Å². The molecule has 1 unspecified atom stereocenters. The predicted octanol–water partition coefficient (Wildman–Crippen LogP) is 4.38. The Morgan fingerprint density at radius 3 is 2.91 bits per heavy atom. The van der Waals surface area contributed by atoms with Crippen LogP contribution in [-0.2, 0) is 23.0 Å². The van der Waals surface area contributed by atoms with Crippen molar-refractivity contribution in [2.45, 2.75) is 45.6 Å². The summed E-state index contributed by atoms with van der Waals surface area (Å²) < 4.78 is 18.7. The number of nitrogens with one attached hydrogen (secondary N) is 1. The van der Waals surface area contributed by atoms with Crippen LogP contribution in [0, 0.1) is 13.8 Å². The molecule has 2 aromatic heterocycles. The molecule has 1 fully saturated rings. The van der Waals surface area contributed by atoms with Gasteiger partial charge in [0.15, 0.2) is 5.65 Å². The molecule has 0 aliphatic carbocycles. The van der Waals surface area contributed by atoms with Gasteiger partial charge in [-0.05, 0) is 62.4 Å². The third-order valence-electron chi connectivity index (χ3n) is 5.98. The standard InChI is InChI=1S/C24H29ClN4O4/c1-14-18(15(2)26-23-22(14)24(31-4)28-29(23)3)8-10-21(30)27-19-12-16(25)7-9-20(19)33-13-17-6-5-11-32-17/h7,9,12,17H,5-6,8,10-11,13H2,1-4H3,(H,27,30). The van der Waals surface area contributed by atoms with Crippen molar-refractivity contribution in [3.8, 4) is 11.6 Å². The lowest BCUT2D eigenvalue weighted by Crippen LogP contribution is -2.18. The number of fused-ring (bicyclic) bond motifs is 1. The van der Waals surface area contributed by atoms with Crippen molar-refractivity contribution >= 4 is 34.2 Å². The number of halogens is 1. The summed E-state index contributed by atoms with van der Waals surface area (Å²) in [7, 11) is 3.44. The predicted molar refractivity (Wildman–Crippen MR) is 127 cm³/mol. The smallest absolute Gasteiger partial charge is 0.242 e. The molecule has 1 N–H and O–H groups in total. The van der Waals surface area contributed by atoms with Gasteiger partial charge in [-0.15, -0.1) is 5.10 Å². The van der Waals surface area contributed by atoms with Crippen LogP contribution in [0.4, 0.5) is 5.69 Å². The van der Waals surface area contributed by atoms with Gasteiger partial charge in [-0.3, -0.25) is 4.79 Å². The topological polar surface area (TPSA) is 87.5 Å². The van der Waals surface area contributed by atoms with E-state index in [-0.39, 0.29) is 18.4 Å². The van der Waals surface area contributed by atoms with E-state index in [0.717, 1.165) is 47.3 Å².